The highest BCUT2D eigenvalue weighted by molar-refractivity contribution is 5.79. The van der Waals surface area contributed by atoms with E-state index >= 15 is 0 Å². The minimum absolute atomic E-state index is 0.0606. The minimum Gasteiger partial charge on any atom is -0.481 e. The van der Waals surface area contributed by atoms with Crippen LogP contribution in [0.15, 0.2) is 30.3 Å². The Morgan fingerprint density at radius 1 is 1.29 bits per heavy atom. The van der Waals surface area contributed by atoms with Crippen molar-refractivity contribution >= 4 is 11.9 Å². The monoisotopic (exact) mass is 289 g/mol. The lowest BCUT2D eigenvalue weighted by molar-refractivity contribution is -0.146. The Labute approximate surface area is 125 Å². The molecule has 4 nitrogen and oxygen atoms in total. The van der Waals surface area contributed by atoms with Gasteiger partial charge >= 0.3 is 5.97 Å². The van der Waals surface area contributed by atoms with Gasteiger partial charge in [0.2, 0.25) is 5.91 Å². The Hall–Kier alpha value is -1.84. The molecule has 114 valence electrons. The van der Waals surface area contributed by atoms with E-state index in [1.807, 2.05) is 37.3 Å². The zero-order chi connectivity index (χ0) is 15.3. The first-order chi connectivity index (χ1) is 10.0. The first kappa shape index (κ1) is 15.5. The van der Waals surface area contributed by atoms with Crippen LogP contribution in [0, 0.1) is 5.92 Å². The van der Waals surface area contributed by atoms with Crippen LogP contribution in [0.1, 0.15) is 44.6 Å². The molecule has 4 heteroatoms. The highest BCUT2D eigenvalue weighted by Gasteiger charge is 2.41. The van der Waals surface area contributed by atoms with Crippen LogP contribution in [0.25, 0.3) is 0 Å². The van der Waals surface area contributed by atoms with Crippen molar-refractivity contribution in [3.63, 3.8) is 0 Å². The number of nitrogens with one attached hydrogen (secondary N) is 1. The number of benzene rings is 1. The number of carboxylic acid groups (broad SMARTS) is 1. The molecular formula is C17H23NO3. The third-order valence-electron chi connectivity index (χ3n) is 4.41. The number of carbonyl (C=O) groups is 2. The Morgan fingerprint density at radius 3 is 2.67 bits per heavy atom. The number of rotatable bonds is 5. The van der Waals surface area contributed by atoms with Crippen molar-refractivity contribution in [2.75, 3.05) is 0 Å². The SMILES string of the molecule is CC1(NC(=O)CCc2ccccc2)CCCCC1C(=O)O. The summed E-state index contributed by atoms with van der Waals surface area (Å²) in [5, 5.41) is 12.3. The first-order valence-electron chi connectivity index (χ1n) is 7.59. The summed E-state index contributed by atoms with van der Waals surface area (Å²) in [6.45, 7) is 1.87. The van der Waals surface area contributed by atoms with Crippen LogP contribution >= 0.6 is 0 Å². The summed E-state index contributed by atoms with van der Waals surface area (Å²) < 4.78 is 0. The van der Waals surface area contributed by atoms with Crippen molar-refractivity contribution in [1.29, 1.82) is 0 Å². The fraction of sp³-hybridized carbons (Fsp3) is 0.529. The molecule has 1 aliphatic rings. The molecule has 1 amide bonds. The standard InChI is InChI=1S/C17H23NO3/c1-17(12-6-5-9-14(17)16(20)21)18-15(19)11-10-13-7-3-2-4-8-13/h2-4,7-8,14H,5-6,9-12H2,1H3,(H,18,19)(H,20,21). The zero-order valence-electron chi connectivity index (χ0n) is 12.5. The van der Waals surface area contributed by atoms with Crippen LogP contribution < -0.4 is 5.32 Å². The number of aliphatic carboxylic acids is 1. The lowest BCUT2D eigenvalue weighted by atomic mass is 9.74. The van der Waals surface area contributed by atoms with Crippen LogP contribution in [0.2, 0.25) is 0 Å². The number of carboxylic acids is 1. The van der Waals surface area contributed by atoms with E-state index in [1.165, 1.54) is 0 Å². The Balaban J connectivity index is 1.92. The second kappa shape index (κ2) is 6.74. The molecule has 0 spiro atoms. The smallest absolute Gasteiger partial charge is 0.308 e. The third kappa shape index (κ3) is 4.06. The molecule has 21 heavy (non-hydrogen) atoms. The van der Waals surface area contributed by atoms with E-state index in [0.717, 1.165) is 24.8 Å². The molecule has 0 radical (unpaired) electrons. The van der Waals surface area contributed by atoms with E-state index in [-0.39, 0.29) is 5.91 Å². The normalized spacial score (nSPS) is 25.3. The van der Waals surface area contributed by atoms with E-state index in [9.17, 15) is 14.7 Å². The van der Waals surface area contributed by atoms with Crippen molar-refractivity contribution in [1.82, 2.24) is 5.32 Å². The lowest BCUT2D eigenvalue weighted by Gasteiger charge is -2.39. The Kier molecular flexibility index (Phi) is 4.99. The molecule has 1 fully saturated rings. The van der Waals surface area contributed by atoms with Gasteiger partial charge in [-0.05, 0) is 31.7 Å². The van der Waals surface area contributed by atoms with E-state index in [4.69, 9.17) is 0 Å². The fourth-order valence-electron chi connectivity index (χ4n) is 3.16. The van der Waals surface area contributed by atoms with Gasteiger partial charge in [0.05, 0.1) is 11.5 Å². The predicted octanol–water partition coefficient (Wildman–Crippen LogP) is 2.77. The van der Waals surface area contributed by atoms with Gasteiger partial charge in [0.15, 0.2) is 0 Å². The fourth-order valence-corrected chi connectivity index (χ4v) is 3.16. The number of amides is 1. The van der Waals surface area contributed by atoms with Crippen molar-refractivity contribution in [3.05, 3.63) is 35.9 Å². The van der Waals surface area contributed by atoms with Crippen LogP contribution in [-0.4, -0.2) is 22.5 Å². The third-order valence-corrected chi connectivity index (χ3v) is 4.41. The van der Waals surface area contributed by atoms with Gasteiger partial charge in [-0.3, -0.25) is 9.59 Å². The quantitative estimate of drug-likeness (QED) is 0.876. The minimum atomic E-state index is -0.805. The second-order valence-electron chi connectivity index (χ2n) is 6.09. The maximum Gasteiger partial charge on any atom is 0.308 e. The van der Waals surface area contributed by atoms with Gasteiger partial charge in [0, 0.05) is 6.42 Å². The second-order valence-corrected chi connectivity index (χ2v) is 6.09. The van der Waals surface area contributed by atoms with Gasteiger partial charge in [0.1, 0.15) is 0 Å². The number of carbonyl (C=O) groups excluding carboxylic acids is 1. The Morgan fingerprint density at radius 2 is 2.00 bits per heavy atom. The molecule has 0 aromatic heterocycles. The molecule has 0 saturated heterocycles. The number of hydrogen-bond acceptors (Lipinski definition) is 2. The van der Waals surface area contributed by atoms with Crippen LogP contribution in [0.5, 0.6) is 0 Å². The molecule has 1 saturated carbocycles. The number of aryl methyl sites for hydroxylation is 1. The van der Waals surface area contributed by atoms with Crippen LogP contribution in [0.3, 0.4) is 0 Å². The topological polar surface area (TPSA) is 66.4 Å². The first-order valence-corrected chi connectivity index (χ1v) is 7.59. The van der Waals surface area contributed by atoms with Gasteiger partial charge in [-0.2, -0.15) is 0 Å². The van der Waals surface area contributed by atoms with Gasteiger partial charge in [-0.1, -0.05) is 43.2 Å². The molecule has 0 bridgehead atoms. The molecule has 0 aliphatic heterocycles. The summed E-state index contributed by atoms with van der Waals surface area (Å²) >= 11 is 0. The summed E-state index contributed by atoms with van der Waals surface area (Å²) in [5.41, 5.74) is 0.508. The van der Waals surface area contributed by atoms with E-state index in [1.54, 1.807) is 0 Å². The molecule has 1 aromatic rings. The average molecular weight is 289 g/mol. The Bertz CT molecular complexity index is 500. The highest BCUT2D eigenvalue weighted by atomic mass is 16.4. The van der Waals surface area contributed by atoms with Gasteiger partial charge in [-0.25, -0.2) is 0 Å². The molecule has 2 N–H and O–H groups in total. The molecule has 2 unspecified atom stereocenters. The summed E-state index contributed by atoms with van der Waals surface area (Å²) in [5.74, 6) is -1.35. The molecule has 2 rings (SSSR count). The van der Waals surface area contributed by atoms with E-state index in [0.29, 0.717) is 19.3 Å². The van der Waals surface area contributed by atoms with Crippen LogP contribution in [-0.2, 0) is 16.0 Å². The highest BCUT2D eigenvalue weighted by Crippen LogP contribution is 2.33. The zero-order valence-corrected chi connectivity index (χ0v) is 12.5. The van der Waals surface area contributed by atoms with Crippen molar-refractivity contribution in [2.45, 2.75) is 51.0 Å². The maximum atomic E-state index is 12.2. The molecule has 2 atom stereocenters. The summed E-state index contributed by atoms with van der Waals surface area (Å²) in [7, 11) is 0. The number of hydrogen-bond donors (Lipinski definition) is 2. The lowest BCUT2D eigenvalue weighted by Crippen LogP contribution is -2.55. The molecule has 1 aliphatic carbocycles. The maximum absolute atomic E-state index is 12.2. The predicted molar refractivity (Wildman–Crippen MR) is 80.9 cm³/mol. The summed E-state index contributed by atoms with van der Waals surface area (Å²) in [6.07, 6.45) is 4.35. The van der Waals surface area contributed by atoms with E-state index < -0.39 is 17.4 Å². The van der Waals surface area contributed by atoms with Gasteiger partial charge < -0.3 is 10.4 Å². The summed E-state index contributed by atoms with van der Waals surface area (Å²) in [6, 6.07) is 9.85. The van der Waals surface area contributed by atoms with E-state index in [2.05, 4.69) is 5.32 Å². The van der Waals surface area contributed by atoms with Gasteiger partial charge in [-0.15, -0.1) is 0 Å². The average Bonchev–Trinajstić information content (AvgIpc) is 2.46. The van der Waals surface area contributed by atoms with Crippen molar-refractivity contribution in [2.24, 2.45) is 5.92 Å². The molecular weight excluding hydrogens is 266 g/mol. The van der Waals surface area contributed by atoms with Gasteiger partial charge in [0.25, 0.3) is 0 Å². The van der Waals surface area contributed by atoms with Crippen LogP contribution in [0.4, 0.5) is 0 Å². The van der Waals surface area contributed by atoms with Crippen molar-refractivity contribution in [3.8, 4) is 0 Å². The summed E-state index contributed by atoms with van der Waals surface area (Å²) in [4.78, 5) is 23.5. The largest absolute Gasteiger partial charge is 0.481 e. The molecule has 0 heterocycles. The molecule has 1 aromatic carbocycles. The van der Waals surface area contributed by atoms with Crippen molar-refractivity contribution < 1.29 is 14.7 Å².